The Labute approximate surface area is 78.2 Å². The lowest BCUT2D eigenvalue weighted by molar-refractivity contribution is 0.173. The van der Waals surface area contributed by atoms with Crippen molar-refractivity contribution in [3.8, 4) is 0 Å². The normalized spacial score (nSPS) is 13.0. The first-order chi connectivity index (χ1) is 6.06. The molecule has 0 unspecified atom stereocenters. The molecule has 0 aromatic heterocycles. The van der Waals surface area contributed by atoms with Crippen molar-refractivity contribution in [2.45, 2.75) is 33.3 Å². The van der Waals surface area contributed by atoms with E-state index >= 15 is 0 Å². The number of rotatable bonds is 2. The average molecular weight is 182 g/mol. The highest BCUT2D eigenvalue weighted by molar-refractivity contribution is 5.31. The van der Waals surface area contributed by atoms with E-state index in [1.165, 1.54) is 0 Å². The van der Waals surface area contributed by atoms with Crippen LogP contribution in [0.25, 0.3) is 0 Å². The van der Waals surface area contributed by atoms with E-state index in [9.17, 15) is 9.50 Å². The molecule has 0 aliphatic carbocycles. The standard InChI is InChI=1S/C11H15FO/c1-4-10(13)9-5-7(2)11(12)8(3)6-9/h5-6,10,13H,4H2,1-3H3/t10-/m1/s1. The molecule has 1 aromatic carbocycles. The van der Waals surface area contributed by atoms with E-state index in [0.29, 0.717) is 17.5 Å². The fourth-order valence-corrected chi connectivity index (χ4v) is 1.41. The minimum absolute atomic E-state index is 0.174. The van der Waals surface area contributed by atoms with Crippen LogP contribution in [0, 0.1) is 19.7 Å². The summed E-state index contributed by atoms with van der Waals surface area (Å²) in [7, 11) is 0. The molecular formula is C11H15FO. The van der Waals surface area contributed by atoms with Crippen molar-refractivity contribution >= 4 is 0 Å². The second-order valence-electron chi connectivity index (χ2n) is 3.39. The van der Waals surface area contributed by atoms with E-state index in [2.05, 4.69) is 0 Å². The summed E-state index contributed by atoms with van der Waals surface area (Å²) in [5, 5.41) is 9.55. The van der Waals surface area contributed by atoms with Gasteiger partial charge in [0.15, 0.2) is 0 Å². The van der Waals surface area contributed by atoms with Crippen molar-refractivity contribution in [2.24, 2.45) is 0 Å². The number of aryl methyl sites for hydroxylation is 2. The lowest BCUT2D eigenvalue weighted by Crippen LogP contribution is -1.98. The third-order valence-electron chi connectivity index (χ3n) is 2.23. The zero-order valence-corrected chi connectivity index (χ0v) is 8.26. The summed E-state index contributed by atoms with van der Waals surface area (Å²) in [6.07, 6.45) is 0.183. The van der Waals surface area contributed by atoms with Crippen LogP contribution in [-0.4, -0.2) is 5.11 Å². The van der Waals surface area contributed by atoms with Crippen molar-refractivity contribution in [3.63, 3.8) is 0 Å². The molecule has 1 atom stereocenters. The first-order valence-electron chi connectivity index (χ1n) is 4.51. The zero-order chi connectivity index (χ0) is 10.0. The number of aliphatic hydroxyl groups is 1. The van der Waals surface area contributed by atoms with E-state index in [4.69, 9.17) is 0 Å². The summed E-state index contributed by atoms with van der Waals surface area (Å²) < 4.78 is 13.2. The van der Waals surface area contributed by atoms with E-state index in [1.54, 1.807) is 26.0 Å². The molecule has 13 heavy (non-hydrogen) atoms. The van der Waals surface area contributed by atoms with Crippen molar-refractivity contribution in [1.29, 1.82) is 0 Å². The summed E-state index contributed by atoms with van der Waals surface area (Å²) >= 11 is 0. The Kier molecular flexibility index (Phi) is 3.04. The molecule has 0 radical (unpaired) electrons. The molecule has 0 heterocycles. The maximum atomic E-state index is 13.2. The third-order valence-corrected chi connectivity index (χ3v) is 2.23. The van der Waals surface area contributed by atoms with Crippen LogP contribution >= 0.6 is 0 Å². The molecule has 1 nitrogen and oxygen atoms in total. The van der Waals surface area contributed by atoms with Crippen molar-refractivity contribution < 1.29 is 9.50 Å². The van der Waals surface area contributed by atoms with Crippen LogP contribution in [0.3, 0.4) is 0 Å². The highest BCUT2D eigenvalue weighted by atomic mass is 19.1. The molecule has 0 amide bonds. The van der Waals surface area contributed by atoms with Crippen LogP contribution < -0.4 is 0 Å². The lowest BCUT2D eigenvalue weighted by Gasteiger charge is -2.11. The van der Waals surface area contributed by atoms with Crippen LogP contribution in [0.4, 0.5) is 4.39 Å². The second-order valence-corrected chi connectivity index (χ2v) is 3.39. The van der Waals surface area contributed by atoms with Gasteiger partial charge in [-0.2, -0.15) is 0 Å². The molecule has 2 heteroatoms. The molecule has 0 fully saturated rings. The molecule has 1 N–H and O–H groups in total. The van der Waals surface area contributed by atoms with Gasteiger partial charge in [-0.15, -0.1) is 0 Å². The molecular weight excluding hydrogens is 167 g/mol. The van der Waals surface area contributed by atoms with Crippen LogP contribution in [0.2, 0.25) is 0 Å². The number of aliphatic hydroxyl groups excluding tert-OH is 1. The van der Waals surface area contributed by atoms with Crippen molar-refractivity contribution in [2.75, 3.05) is 0 Å². The largest absolute Gasteiger partial charge is 0.388 e. The first-order valence-corrected chi connectivity index (χ1v) is 4.51. The Bertz CT molecular complexity index is 284. The fourth-order valence-electron chi connectivity index (χ4n) is 1.41. The fraction of sp³-hybridized carbons (Fsp3) is 0.455. The smallest absolute Gasteiger partial charge is 0.129 e. The van der Waals surface area contributed by atoms with Gasteiger partial charge in [0.05, 0.1) is 6.10 Å². The highest BCUT2D eigenvalue weighted by Gasteiger charge is 2.09. The minimum Gasteiger partial charge on any atom is -0.388 e. The summed E-state index contributed by atoms with van der Waals surface area (Å²) in [6.45, 7) is 5.33. The van der Waals surface area contributed by atoms with E-state index in [-0.39, 0.29) is 5.82 Å². The highest BCUT2D eigenvalue weighted by Crippen LogP contribution is 2.21. The van der Waals surface area contributed by atoms with E-state index in [0.717, 1.165) is 5.56 Å². The maximum absolute atomic E-state index is 13.2. The third kappa shape index (κ3) is 2.07. The maximum Gasteiger partial charge on any atom is 0.129 e. The van der Waals surface area contributed by atoms with Gasteiger partial charge in [0, 0.05) is 0 Å². The predicted molar refractivity (Wildman–Crippen MR) is 51.1 cm³/mol. The van der Waals surface area contributed by atoms with Gasteiger partial charge >= 0.3 is 0 Å². The topological polar surface area (TPSA) is 20.2 Å². The van der Waals surface area contributed by atoms with E-state index < -0.39 is 6.10 Å². The molecule has 0 saturated carbocycles. The van der Waals surface area contributed by atoms with Gasteiger partial charge < -0.3 is 5.11 Å². The van der Waals surface area contributed by atoms with Gasteiger partial charge in [-0.05, 0) is 37.0 Å². The van der Waals surface area contributed by atoms with Gasteiger partial charge in [0.1, 0.15) is 5.82 Å². The molecule has 1 aromatic rings. The minimum atomic E-state index is -0.474. The number of hydrogen-bond acceptors (Lipinski definition) is 1. The summed E-state index contributed by atoms with van der Waals surface area (Å²) in [4.78, 5) is 0. The van der Waals surface area contributed by atoms with Gasteiger partial charge in [0.25, 0.3) is 0 Å². The molecule has 1 rings (SSSR count). The Balaban J connectivity index is 3.13. The zero-order valence-electron chi connectivity index (χ0n) is 8.26. The average Bonchev–Trinajstić information content (AvgIpc) is 2.12. The molecule has 72 valence electrons. The number of halogens is 1. The van der Waals surface area contributed by atoms with Gasteiger partial charge in [-0.25, -0.2) is 4.39 Å². The molecule has 0 aliphatic heterocycles. The Hall–Kier alpha value is -0.890. The second kappa shape index (κ2) is 3.88. The number of hydrogen-bond donors (Lipinski definition) is 1. The Morgan fingerprint density at radius 1 is 1.31 bits per heavy atom. The van der Waals surface area contributed by atoms with Gasteiger partial charge in [0.2, 0.25) is 0 Å². The molecule has 0 aliphatic rings. The summed E-state index contributed by atoms with van der Waals surface area (Å²) in [5.41, 5.74) is 2.00. The Morgan fingerprint density at radius 2 is 1.77 bits per heavy atom. The van der Waals surface area contributed by atoms with Crippen LogP contribution in [0.5, 0.6) is 0 Å². The molecule has 0 spiro atoms. The van der Waals surface area contributed by atoms with Crippen LogP contribution in [-0.2, 0) is 0 Å². The number of benzene rings is 1. The van der Waals surface area contributed by atoms with Gasteiger partial charge in [-0.3, -0.25) is 0 Å². The lowest BCUT2D eigenvalue weighted by atomic mass is 10.0. The predicted octanol–water partition coefficient (Wildman–Crippen LogP) is 2.89. The summed E-state index contributed by atoms with van der Waals surface area (Å²) in [5.74, 6) is -0.174. The van der Waals surface area contributed by atoms with Gasteiger partial charge in [-0.1, -0.05) is 19.1 Å². The summed E-state index contributed by atoms with van der Waals surface area (Å²) in [6, 6.07) is 3.41. The van der Waals surface area contributed by atoms with Crippen molar-refractivity contribution in [1.82, 2.24) is 0 Å². The first kappa shape index (κ1) is 10.2. The Morgan fingerprint density at radius 3 is 2.15 bits per heavy atom. The van der Waals surface area contributed by atoms with Crippen LogP contribution in [0.1, 0.15) is 36.1 Å². The van der Waals surface area contributed by atoms with Crippen molar-refractivity contribution in [3.05, 3.63) is 34.6 Å². The van der Waals surface area contributed by atoms with Crippen LogP contribution in [0.15, 0.2) is 12.1 Å². The molecule has 0 saturated heterocycles. The monoisotopic (exact) mass is 182 g/mol. The quantitative estimate of drug-likeness (QED) is 0.745. The van der Waals surface area contributed by atoms with E-state index in [1.807, 2.05) is 6.92 Å². The molecule has 0 bridgehead atoms. The SMILES string of the molecule is CC[C@@H](O)c1cc(C)c(F)c(C)c1.